The second kappa shape index (κ2) is 7.92. The van der Waals surface area contributed by atoms with Crippen LogP contribution in [0.15, 0.2) is 95.6 Å². The molecule has 0 fully saturated rings. The van der Waals surface area contributed by atoms with Crippen molar-refractivity contribution in [3.63, 3.8) is 0 Å². The molecule has 0 saturated carbocycles. The lowest BCUT2D eigenvalue weighted by molar-refractivity contribution is -0.114. The van der Waals surface area contributed by atoms with E-state index in [-0.39, 0.29) is 5.91 Å². The lowest BCUT2D eigenvalue weighted by Crippen LogP contribution is -2.21. The number of rotatable bonds is 5. The number of carbonyl (C=O) groups is 1. The molecule has 138 valence electrons. The van der Waals surface area contributed by atoms with Crippen LogP contribution in [-0.4, -0.2) is 11.6 Å². The summed E-state index contributed by atoms with van der Waals surface area (Å²) in [5.74, 6) is 0.674. The number of hydrazone groups is 1. The van der Waals surface area contributed by atoms with Gasteiger partial charge in [0.2, 0.25) is 0 Å². The third kappa shape index (κ3) is 3.86. The normalized spacial score (nSPS) is 15.0. The van der Waals surface area contributed by atoms with Gasteiger partial charge in [0.1, 0.15) is 12.4 Å². The summed E-state index contributed by atoms with van der Waals surface area (Å²) in [7, 11) is 0. The maximum absolute atomic E-state index is 12.8. The van der Waals surface area contributed by atoms with Crippen LogP contribution in [0.5, 0.6) is 5.75 Å². The molecule has 1 aliphatic heterocycles. The number of hydrogen-bond donors (Lipinski definition) is 0. The lowest BCUT2D eigenvalue weighted by atomic mass is 10.1. The Labute approximate surface area is 164 Å². The number of hydrogen-bond acceptors (Lipinski definition) is 3. The minimum Gasteiger partial charge on any atom is -0.489 e. The van der Waals surface area contributed by atoms with Gasteiger partial charge in [-0.05, 0) is 48.4 Å². The van der Waals surface area contributed by atoms with E-state index < -0.39 is 0 Å². The quantitative estimate of drug-likeness (QED) is 0.590. The summed E-state index contributed by atoms with van der Waals surface area (Å²) >= 11 is 0. The fraction of sp³-hybridized carbons (Fsp3) is 0.0833. The first kappa shape index (κ1) is 17.7. The zero-order valence-corrected chi connectivity index (χ0v) is 15.6. The van der Waals surface area contributed by atoms with Crippen molar-refractivity contribution in [2.75, 3.05) is 5.01 Å². The Morgan fingerprint density at radius 1 is 0.893 bits per heavy atom. The first-order valence-corrected chi connectivity index (χ1v) is 9.14. The summed E-state index contributed by atoms with van der Waals surface area (Å²) in [6, 6.07) is 27.2. The molecule has 3 aromatic rings. The lowest BCUT2D eigenvalue weighted by Gasteiger charge is -2.11. The van der Waals surface area contributed by atoms with E-state index in [1.54, 1.807) is 0 Å². The SMILES string of the molecule is CC1=NN(c2ccccc2)C(=O)/C1=C\c1ccc(OCc2ccccc2)cc1. The zero-order chi connectivity index (χ0) is 19.3. The van der Waals surface area contributed by atoms with Gasteiger partial charge in [-0.1, -0.05) is 60.7 Å². The first-order chi connectivity index (χ1) is 13.7. The fourth-order valence-corrected chi connectivity index (χ4v) is 3.00. The Bertz CT molecular complexity index is 1020. The van der Waals surface area contributed by atoms with Crippen molar-refractivity contribution in [1.29, 1.82) is 0 Å². The van der Waals surface area contributed by atoms with Gasteiger partial charge < -0.3 is 4.74 Å². The standard InChI is InChI=1S/C24H20N2O2/c1-18-23(24(27)26(25-18)21-10-6-3-7-11-21)16-19-12-14-22(15-13-19)28-17-20-8-4-2-5-9-20/h2-16H,17H2,1H3/b23-16-. The van der Waals surface area contributed by atoms with Crippen molar-refractivity contribution < 1.29 is 9.53 Å². The number of anilines is 1. The average molecular weight is 368 g/mol. The molecule has 0 aliphatic carbocycles. The van der Waals surface area contributed by atoms with Gasteiger partial charge in [-0.2, -0.15) is 10.1 Å². The largest absolute Gasteiger partial charge is 0.489 e. The fourth-order valence-electron chi connectivity index (χ4n) is 3.00. The molecule has 0 atom stereocenters. The van der Waals surface area contributed by atoms with Gasteiger partial charge >= 0.3 is 0 Å². The van der Waals surface area contributed by atoms with Gasteiger partial charge in [0.25, 0.3) is 5.91 Å². The van der Waals surface area contributed by atoms with E-state index >= 15 is 0 Å². The predicted molar refractivity (Wildman–Crippen MR) is 112 cm³/mol. The molecule has 3 aromatic carbocycles. The molecule has 0 saturated heterocycles. The highest BCUT2D eigenvalue weighted by atomic mass is 16.5. The second-order valence-corrected chi connectivity index (χ2v) is 6.54. The highest BCUT2D eigenvalue weighted by molar-refractivity contribution is 6.32. The van der Waals surface area contributed by atoms with Gasteiger partial charge in [-0.25, -0.2) is 0 Å². The summed E-state index contributed by atoms with van der Waals surface area (Å²) in [4.78, 5) is 12.8. The first-order valence-electron chi connectivity index (χ1n) is 9.14. The van der Waals surface area contributed by atoms with Crippen molar-refractivity contribution in [2.24, 2.45) is 5.10 Å². The van der Waals surface area contributed by atoms with Gasteiger partial charge in [0, 0.05) is 0 Å². The maximum atomic E-state index is 12.8. The molecular formula is C24H20N2O2. The van der Waals surface area contributed by atoms with E-state index in [2.05, 4.69) is 5.10 Å². The Morgan fingerprint density at radius 2 is 1.54 bits per heavy atom. The number of ether oxygens (including phenoxy) is 1. The summed E-state index contributed by atoms with van der Waals surface area (Å²) in [5.41, 5.74) is 4.12. The maximum Gasteiger partial charge on any atom is 0.280 e. The Balaban J connectivity index is 1.47. The van der Waals surface area contributed by atoms with Crippen LogP contribution in [0.1, 0.15) is 18.1 Å². The van der Waals surface area contributed by atoms with E-state index in [9.17, 15) is 4.79 Å². The number of amides is 1. The van der Waals surface area contributed by atoms with Gasteiger partial charge in [0.15, 0.2) is 0 Å². The molecular weight excluding hydrogens is 348 g/mol. The van der Waals surface area contributed by atoms with Gasteiger partial charge in [-0.15, -0.1) is 0 Å². The Hall–Kier alpha value is -3.66. The number of para-hydroxylation sites is 1. The average Bonchev–Trinajstić information content (AvgIpc) is 3.03. The summed E-state index contributed by atoms with van der Waals surface area (Å²) in [6.45, 7) is 2.38. The minimum absolute atomic E-state index is 0.117. The monoisotopic (exact) mass is 368 g/mol. The van der Waals surface area contributed by atoms with Crippen LogP contribution in [0.4, 0.5) is 5.69 Å². The predicted octanol–water partition coefficient (Wildman–Crippen LogP) is 5.07. The van der Waals surface area contributed by atoms with Crippen LogP contribution in [0.3, 0.4) is 0 Å². The van der Waals surface area contributed by atoms with Crippen molar-refractivity contribution in [2.45, 2.75) is 13.5 Å². The topological polar surface area (TPSA) is 41.9 Å². The third-order valence-corrected chi connectivity index (χ3v) is 4.50. The molecule has 0 spiro atoms. The summed E-state index contributed by atoms with van der Waals surface area (Å²) in [6.07, 6.45) is 1.87. The molecule has 1 heterocycles. The highest BCUT2D eigenvalue weighted by Gasteiger charge is 2.28. The molecule has 4 heteroatoms. The molecule has 1 aliphatic rings. The van der Waals surface area contributed by atoms with E-state index in [1.807, 2.05) is 97.9 Å². The smallest absolute Gasteiger partial charge is 0.280 e. The molecule has 4 rings (SSSR count). The second-order valence-electron chi connectivity index (χ2n) is 6.54. The molecule has 28 heavy (non-hydrogen) atoms. The molecule has 0 radical (unpaired) electrons. The van der Waals surface area contributed by atoms with Crippen molar-refractivity contribution in [3.8, 4) is 5.75 Å². The van der Waals surface area contributed by atoms with Crippen LogP contribution in [0.2, 0.25) is 0 Å². The third-order valence-electron chi connectivity index (χ3n) is 4.50. The molecule has 0 unspecified atom stereocenters. The number of benzene rings is 3. The van der Waals surface area contributed by atoms with Crippen LogP contribution < -0.4 is 9.75 Å². The van der Waals surface area contributed by atoms with Crippen LogP contribution in [-0.2, 0) is 11.4 Å². The van der Waals surface area contributed by atoms with E-state index in [0.29, 0.717) is 17.9 Å². The molecule has 1 amide bonds. The molecule has 0 bridgehead atoms. The Morgan fingerprint density at radius 3 is 2.21 bits per heavy atom. The highest BCUT2D eigenvalue weighted by Crippen LogP contribution is 2.25. The van der Waals surface area contributed by atoms with E-state index in [1.165, 1.54) is 5.01 Å². The Kier molecular flexibility index (Phi) is 5.02. The van der Waals surface area contributed by atoms with Crippen molar-refractivity contribution in [3.05, 3.63) is 102 Å². The van der Waals surface area contributed by atoms with Gasteiger partial charge in [-0.3, -0.25) is 4.79 Å². The van der Waals surface area contributed by atoms with Crippen molar-refractivity contribution >= 4 is 23.4 Å². The number of carbonyl (C=O) groups excluding carboxylic acids is 1. The number of nitrogens with zero attached hydrogens (tertiary/aromatic N) is 2. The summed E-state index contributed by atoms with van der Waals surface area (Å²) < 4.78 is 5.81. The molecule has 0 aromatic heterocycles. The van der Waals surface area contributed by atoms with E-state index in [4.69, 9.17) is 4.74 Å². The zero-order valence-electron chi connectivity index (χ0n) is 15.6. The van der Waals surface area contributed by atoms with E-state index in [0.717, 1.165) is 22.6 Å². The van der Waals surface area contributed by atoms with Crippen LogP contribution in [0, 0.1) is 0 Å². The van der Waals surface area contributed by atoms with Crippen molar-refractivity contribution in [1.82, 2.24) is 0 Å². The summed E-state index contributed by atoms with van der Waals surface area (Å²) in [5, 5.41) is 5.85. The van der Waals surface area contributed by atoms with Gasteiger partial charge in [0.05, 0.1) is 17.0 Å². The van der Waals surface area contributed by atoms with Crippen LogP contribution >= 0.6 is 0 Å². The molecule has 4 nitrogen and oxygen atoms in total. The minimum atomic E-state index is -0.117. The molecule has 0 N–H and O–H groups in total. The van der Waals surface area contributed by atoms with Crippen LogP contribution in [0.25, 0.3) is 6.08 Å².